The van der Waals surface area contributed by atoms with E-state index < -0.39 is 0 Å². The van der Waals surface area contributed by atoms with Crippen molar-refractivity contribution in [3.63, 3.8) is 0 Å². The fourth-order valence-corrected chi connectivity index (χ4v) is 3.82. The minimum atomic E-state index is -0.0131. The van der Waals surface area contributed by atoms with Crippen LogP contribution < -0.4 is 11.0 Å². The Balaban J connectivity index is 1.57. The molecule has 1 amide bonds. The van der Waals surface area contributed by atoms with Crippen molar-refractivity contribution in [2.75, 3.05) is 0 Å². The Labute approximate surface area is 151 Å². The zero-order chi connectivity index (χ0) is 17.8. The van der Waals surface area contributed by atoms with Crippen LogP contribution in [0.2, 0.25) is 0 Å². The van der Waals surface area contributed by atoms with Gasteiger partial charge in [0.15, 0.2) is 0 Å². The van der Waals surface area contributed by atoms with E-state index >= 15 is 0 Å². The molecule has 0 aromatic carbocycles. The van der Waals surface area contributed by atoms with E-state index in [1.165, 1.54) is 0 Å². The van der Waals surface area contributed by atoms with Gasteiger partial charge in [0.2, 0.25) is 5.91 Å². The van der Waals surface area contributed by atoms with Crippen LogP contribution >= 0.6 is 11.3 Å². The van der Waals surface area contributed by atoms with Crippen molar-refractivity contribution in [2.45, 2.75) is 65.1 Å². The Hall–Kier alpha value is -1.89. The van der Waals surface area contributed by atoms with Crippen LogP contribution in [0.1, 0.15) is 44.5 Å². The van der Waals surface area contributed by atoms with E-state index in [4.69, 9.17) is 0 Å². The number of hydrogen-bond acceptors (Lipinski definition) is 4. The molecule has 0 spiro atoms. The average molecular weight is 362 g/mol. The molecule has 1 N–H and O–H groups in total. The lowest BCUT2D eigenvalue weighted by molar-refractivity contribution is -0.121. The van der Waals surface area contributed by atoms with Crippen molar-refractivity contribution in [3.8, 4) is 0 Å². The molecule has 1 atom stereocenters. The van der Waals surface area contributed by atoms with Crippen molar-refractivity contribution in [3.05, 3.63) is 38.7 Å². The molecule has 1 aliphatic heterocycles. The van der Waals surface area contributed by atoms with Gasteiger partial charge in [0.05, 0.1) is 6.42 Å². The Morgan fingerprint density at radius 2 is 2.28 bits per heavy atom. The Kier molecular flexibility index (Phi) is 5.73. The van der Waals surface area contributed by atoms with E-state index in [-0.39, 0.29) is 17.6 Å². The second-order valence-electron chi connectivity index (χ2n) is 7.16. The number of amides is 1. The number of aryl methyl sites for hydroxylation is 2. The molecule has 7 heteroatoms. The summed E-state index contributed by atoms with van der Waals surface area (Å²) in [4.78, 5) is 24.7. The third-order valence-electron chi connectivity index (χ3n) is 4.65. The van der Waals surface area contributed by atoms with Gasteiger partial charge >= 0.3 is 5.69 Å². The van der Waals surface area contributed by atoms with Crippen LogP contribution in [0.4, 0.5) is 0 Å². The van der Waals surface area contributed by atoms with Crippen LogP contribution in [0.15, 0.2) is 21.6 Å². The van der Waals surface area contributed by atoms with Gasteiger partial charge in [-0.25, -0.2) is 9.48 Å². The maximum Gasteiger partial charge on any atom is 0.345 e. The highest BCUT2D eigenvalue weighted by Gasteiger charge is 2.22. The fourth-order valence-electron chi connectivity index (χ4n) is 3.16. The van der Waals surface area contributed by atoms with Gasteiger partial charge in [-0.3, -0.25) is 9.36 Å². The predicted octanol–water partition coefficient (Wildman–Crippen LogP) is 2.22. The molecule has 6 nitrogen and oxygen atoms in total. The highest BCUT2D eigenvalue weighted by Crippen LogP contribution is 2.13. The zero-order valence-electron chi connectivity index (χ0n) is 14.9. The van der Waals surface area contributed by atoms with E-state index in [0.29, 0.717) is 25.4 Å². The number of nitrogens with zero attached hydrogens (tertiary/aromatic N) is 3. The lowest BCUT2D eigenvalue weighted by Gasteiger charge is -2.15. The summed E-state index contributed by atoms with van der Waals surface area (Å²) >= 11 is 1.60. The SMILES string of the molecule is CC(C)CCn1nc2n(c1=O)CCC(NC(=O)Cc1ccsc1)CC2. The number of nitrogens with one attached hydrogen (secondary N) is 1. The summed E-state index contributed by atoms with van der Waals surface area (Å²) in [6.07, 6.45) is 3.71. The summed E-state index contributed by atoms with van der Waals surface area (Å²) in [5.74, 6) is 1.46. The standard InChI is InChI=1S/C18H26N4O2S/c1-13(2)5-9-22-18(24)21-8-6-15(3-4-16(21)20-22)19-17(23)11-14-7-10-25-12-14/h7,10,12-13,15H,3-6,8-9,11H2,1-2H3,(H,19,23). The molecule has 0 fully saturated rings. The second kappa shape index (κ2) is 7.99. The third kappa shape index (κ3) is 4.60. The first kappa shape index (κ1) is 17.9. The molecule has 1 aliphatic rings. The van der Waals surface area contributed by atoms with E-state index in [2.05, 4.69) is 24.3 Å². The molecular weight excluding hydrogens is 336 g/mol. The summed E-state index contributed by atoms with van der Waals surface area (Å²) < 4.78 is 3.39. The van der Waals surface area contributed by atoms with Gasteiger partial charge in [-0.05, 0) is 47.6 Å². The first-order chi connectivity index (χ1) is 12.0. The Morgan fingerprint density at radius 3 is 3.00 bits per heavy atom. The van der Waals surface area contributed by atoms with Crippen molar-refractivity contribution >= 4 is 17.2 Å². The summed E-state index contributed by atoms with van der Waals surface area (Å²) in [5.41, 5.74) is 1.04. The summed E-state index contributed by atoms with van der Waals surface area (Å²) in [5, 5.41) is 11.6. The molecular formula is C18H26N4O2S. The first-order valence-electron chi connectivity index (χ1n) is 9.00. The maximum atomic E-state index is 12.5. The molecule has 136 valence electrons. The van der Waals surface area contributed by atoms with E-state index in [9.17, 15) is 9.59 Å². The van der Waals surface area contributed by atoms with Crippen molar-refractivity contribution in [1.29, 1.82) is 0 Å². The molecule has 0 bridgehead atoms. The molecule has 0 aliphatic carbocycles. The van der Waals surface area contributed by atoms with Gasteiger partial charge in [-0.15, -0.1) is 0 Å². The zero-order valence-corrected chi connectivity index (χ0v) is 15.7. The Bertz CT molecular complexity index is 761. The maximum absolute atomic E-state index is 12.5. The quantitative estimate of drug-likeness (QED) is 0.857. The first-order valence-corrected chi connectivity index (χ1v) is 9.94. The highest BCUT2D eigenvalue weighted by molar-refractivity contribution is 7.07. The molecule has 1 unspecified atom stereocenters. The highest BCUT2D eigenvalue weighted by atomic mass is 32.1. The fraction of sp³-hybridized carbons (Fsp3) is 0.611. The van der Waals surface area contributed by atoms with Crippen LogP contribution in [0.5, 0.6) is 0 Å². The van der Waals surface area contributed by atoms with Gasteiger partial charge in [-0.1, -0.05) is 13.8 Å². The van der Waals surface area contributed by atoms with E-state index in [0.717, 1.165) is 37.1 Å². The van der Waals surface area contributed by atoms with Crippen LogP contribution in [-0.4, -0.2) is 26.3 Å². The number of aromatic nitrogens is 3. The third-order valence-corrected chi connectivity index (χ3v) is 5.38. The monoisotopic (exact) mass is 362 g/mol. The smallest absolute Gasteiger partial charge is 0.345 e. The van der Waals surface area contributed by atoms with Gasteiger partial charge in [0.1, 0.15) is 5.82 Å². The normalized spacial score (nSPS) is 17.3. The largest absolute Gasteiger partial charge is 0.353 e. The van der Waals surface area contributed by atoms with E-state index in [1.54, 1.807) is 20.6 Å². The number of hydrogen-bond donors (Lipinski definition) is 1. The van der Waals surface area contributed by atoms with Gasteiger partial charge in [-0.2, -0.15) is 16.4 Å². The molecule has 2 aromatic heterocycles. The van der Waals surface area contributed by atoms with Crippen molar-refractivity contribution in [1.82, 2.24) is 19.7 Å². The lowest BCUT2D eigenvalue weighted by atomic mass is 10.1. The topological polar surface area (TPSA) is 68.9 Å². The summed E-state index contributed by atoms with van der Waals surface area (Å²) in [6, 6.07) is 2.09. The molecule has 0 saturated heterocycles. The van der Waals surface area contributed by atoms with Crippen LogP contribution in [-0.2, 0) is 30.7 Å². The Morgan fingerprint density at radius 1 is 1.44 bits per heavy atom. The summed E-state index contributed by atoms with van der Waals surface area (Å²) in [7, 11) is 0. The number of carbonyl (C=O) groups is 1. The second-order valence-corrected chi connectivity index (χ2v) is 7.94. The molecule has 25 heavy (non-hydrogen) atoms. The van der Waals surface area contributed by atoms with Gasteiger partial charge in [0.25, 0.3) is 0 Å². The van der Waals surface area contributed by atoms with E-state index in [1.807, 2.05) is 16.8 Å². The number of thiophene rings is 1. The van der Waals surface area contributed by atoms with Crippen LogP contribution in [0.25, 0.3) is 0 Å². The summed E-state index contributed by atoms with van der Waals surface area (Å²) in [6.45, 7) is 5.60. The number of rotatable bonds is 6. The van der Waals surface area contributed by atoms with Crippen molar-refractivity contribution in [2.24, 2.45) is 5.92 Å². The predicted molar refractivity (Wildman–Crippen MR) is 98.8 cm³/mol. The minimum Gasteiger partial charge on any atom is -0.353 e. The molecule has 0 radical (unpaired) electrons. The van der Waals surface area contributed by atoms with Crippen molar-refractivity contribution < 1.29 is 4.79 Å². The number of carbonyl (C=O) groups excluding carboxylic acids is 1. The minimum absolute atomic E-state index is 0.0131. The van der Waals surface area contributed by atoms with Crippen LogP contribution in [0, 0.1) is 5.92 Å². The lowest BCUT2D eigenvalue weighted by Crippen LogP contribution is -2.36. The number of fused-ring (bicyclic) bond motifs is 1. The molecule has 0 saturated carbocycles. The molecule has 3 rings (SSSR count). The van der Waals surface area contributed by atoms with Gasteiger partial charge < -0.3 is 5.32 Å². The van der Waals surface area contributed by atoms with Crippen LogP contribution in [0.3, 0.4) is 0 Å². The molecule has 2 aromatic rings. The molecule has 3 heterocycles. The average Bonchev–Trinajstić information content (AvgIpc) is 3.11. The van der Waals surface area contributed by atoms with Gasteiger partial charge in [0, 0.05) is 25.6 Å².